The minimum Gasteiger partial charge on any atom is -0.481 e. The molecule has 1 aliphatic rings. The summed E-state index contributed by atoms with van der Waals surface area (Å²) in [6, 6.07) is 14.9. The zero-order valence-electron chi connectivity index (χ0n) is 21.7. The number of fused-ring (bicyclic) bond motifs is 2. The van der Waals surface area contributed by atoms with Gasteiger partial charge in [-0.15, -0.1) is 5.10 Å². The molecule has 2 aromatic carbocycles. The molecule has 0 bridgehead atoms. The van der Waals surface area contributed by atoms with Crippen LogP contribution in [0.3, 0.4) is 0 Å². The van der Waals surface area contributed by atoms with Gasteiger partial charge in [-0.2, -0.15) is 0 Å². The highest BCUT2D eigenvalue weighted by molar-refractivity contribution is 6.30. The van der Waals surface area contributed by atoms with Crippen LogP contribution in [0.4, 0.5) is 5.69 Å². The molecule has 6 rings (SSSR count). The van der Waals surface area contributed by atoms with Crippen molar-refractivity contribution in [3.8, 4) is 17.3 Å². The van der Waals surface area contributed by atoms with Gasteiger partial charge in [0.2, 0.25) is 5.88 Å². The number of benzene rings is 2. The first-order chi connectivity index (χ1) is 18.3. The molecule has 10 heteroatoms. The SMILES string of the molecule is COc1ccc(-c2nc3c(n2C(C)C)C(c2ccc(Cl)cc2)N(c2cc(C)c4nnn(C)c4c2)C3=O)cn1. The molecular weight excluding hydrogens is 502 g/mol. The molecule has 4 heterocycles. The fourth-order valence-corrected chi connectivity index (χ4v) is 5.34. The number of imidazole rings is 1. The quantitative estimate of drug-likeness (QED) is 0.298. The van der Waals surface area contributed by atoms with Gasteiger partial charge < -0.3 is 9.30 Å². The van der Waals surface area contributed by atoms with E-state index in [1.165, 1.54) is 0 Å². The van der Waals surface area contributed by atoms with Gasteiger partial charge in [0.15, 0.2) is 5.69 Å². The third-order valence-electron chi connectivity index (χ3n) is 6.96. The van der Waals surface area contributed by atoms with Gasteiger partial charge in [-0.25, -0.2) is 14.6 Å². The number of hydrogen-bond donors (Lipinski definition) is 0. The number of rotatable bonds is 5. The van der Waals surface area contributed by atoms with Crippen molar-refractivity contribution < 1.29 is 9.53 Å². The molecule has 0 radical (unpaired) electrons. The second kappa shape index (κ2) is 8.95. The first-order valence-corrected chi connectivity index (χ1v) is 12.7. The minimum absolute atomic E-state index is 0.0244. The van der Waals surface area contributed by atoms with Crippen LogP contribution in [0.15, 0.2) is 54.7 Å². The molecule has 192 valence electrons. The van der Waals surface area contributed by atoms with Crippen molar-refractivity contribution >= 4 is 34.2 Å². The van der Waals surface area contributed by atoms with Gasteiger partial charge in [-0.3, -0.25) is 9.69 Å². The molecule has 38 heavy (non-hydrogen) atoms. The number of carbonyl (C=O) groups excluding carboxylic acids is 1. The third kappa shape index (κ3) is 3.65. The van der Waals surface area contributed by atoms with Crippen LogP contribution in [-0.4, -0.2) is 42.5 Å². The molecule has 3 aromatic heterocycles. The molecule has 0 saturated heterocycles. The summed E-state index contributed by atoms with van der Waals surface area (Å²) >= 11 is 6.25. The summed E-state index contributed by atoms with van der Waals surface area (Å²) < 4.78 is 9.08. The summed E-state index contributed by atoms with van der Waals surface area (Å²) in [7, 11) is 3.43. The Morgan fingerprint density at radius 1 is 1.08 bits per heavy atom. The summed E-state index contributed by atoms with van der Waals surface area (Å²) in [6.07, 6.45) is 1.72. The number of halogens is 1. The van der Waals surface area contributed by atoms with E-state index in [1.807, 2.05) is 61.3 Å². The van der Waals surface area contributed by atoms with Crippen molar-refractivity contribution in [3.63, 3.8) is 0 Å². The van der Waals surface area contributed by atoms with Crippen molar-refractivity contribution in [1.82, 2.24) is 29.5 Å². The van der Waals surface area contributed by atoms with Crippen LogP contribution in [-0.2, 0) is 7.05 Å². The molecule has 0 aliphatic carbocycles. The van der Waals surface area contributed by atoms with E-state index in [-0.39, 0.29) is 11.9 Å². The number of carbonyl (C=O) groups is 1. The molecule has 0 saturated carbocycles. The number of nitrogens with zero attached hydrogens (tertiary/aromatic N) is 7. The van der Waals surface area contributed by atoms with Crippen LogP contribution in [0.1, 0.15) is 53.2 Å². The highest BCUT2D eigenvalue weighted by atomic mass is 35.5. The van der Waals surface area contributed by atoms with Gasteiger partial charge in [0.05, 0.1) is 18.3 Å². The lowest BCUT2D eigenvalue weighted by molar-refractivity contribution is 0.0989. The molecular formula is C28H26ClN7O2. The molecule has 9 nitrogen and oxygen atoms in total. The van der Waals surface area contributed by atoms with Crippen molar-refractivity contribution in [2.24, 2.45) is 7.05 Å². The highest BCUT2D eigenvalue weighted by Crippen LogP contribution is 2.45. The minimum atomic E-state index is -0.414. The summed E-state index contributed by atoms with van der Waals surface area (Å²) in [5, 5.41) is 9.08. The lowest BCUT2D eigenvalue weighted by Crippen LogP contribution is -2.30. The monoisotopic (exact) mass is 527 g/mol. The Balaban J connectivity index is 1.59. The largest absolute Gasteiger partial charge is 0.481 e. The summed E-state index contributed by atoms with van der Waals surface area (Å²) in [5.41, 5.74) is 6.35. The maximum atomic E-state index is 14.2. The molecule has 5 aromatic rings. The van der Waals surface area contributed by atoms with Crippen LogP contribution >= 0.6 is 11.6 Å². The smallest absolute Gasteiger partial charge is 0.279 e. The molecule has 1 atom stereocenters. The van der Waals surface area contributed by atoms with Crippen LogP contribution in [0, 0.1) is 6.92 Å². The topological polar surface area (TPSA) is 91.0 Å². The Bertz CT molecular complexity index is 1690. The Morgan fingerprint density at radius 3 is 2.50 bits per heavy atom. The van der Waals surface area contributed by atoms with Gasteiger partial charge in [0.1, 0.15) is 17.4 Å². The number of pyridine rings is 1. The fourth-order valence-electron chi connectivity index (χ4n) is 5.21. The molecule has 1 amide bonds. The second-order valence-corrected chi connectivity index (χ2v) is 10.1. The standard InChI is InChI=1S/C28H26ClN7O2/c1-15(2)35-26-24(31-27(35)18-8-11-22(38-5)30-14-18)28(37)36(25(26)17-6-9-19(29)10-7-17)20-12-16(3)23-21(13-20)34(4)33-32-23/h6-15,25H,1-5H3. The molecule has 0 spiro atoms. The van der Waals surface area contributed by atoms with E-state index in [9.17, 15) is 4.79 Å². The van der Waals surface area contributed by atoms with Gasteiger partial charge in [0, 0.05) is 41.6 Å². The number of aryl methyl sites for hydroxylation is 2. The van der Waals surface area contributed by atoms with Gasteiger partial charge in [-0.1, -0.05) is 28.9 Å². The van der Waals surface area contributed by atoms with Crippen LogP contribution in [0.5, 0.6) is 5.88 Å². The van der Waals surface area contributed by atoms with Crippen LogP contribution in [0.25, 0.3) is 22.4 Å². The number of anilines is 1. The molecule has 0 fully saturated rings. The van der Waals surface area contributed by atoms with Crippen LogP contribution in [0.2, 0.25) is 5.02 Å². The normalized spacial score (nSPS) is 15.1. The Morgan fingerprint density at radius 2 is 1.84 bits per heavy atom. The Hall–Kier alpha value is -4.24. The van der Waals surface area contributed by atoms with Gasteiger partial charge >= 0.3 is 0 Å². The molecule has 1 aliphatic heterocycles. The van der Waals surface area contributed by atoms with Gasteiger partial charge in [-0.05, 0) is 62.2 Å². The van der Waals surface area contributed by atoms with Crippen LogP contribution < -0.4 is 9.64 Å². The summed E-state index contributed by atoms with van der Waals surface area (Å²) in [6.45, 7) is 6.16. The van der Waals surface area contributed by atoms with E-state index in [2.05, 4.69) is 33.7 Å². The average molecular weight is 528 g/mol. The fraction of sp³-hybridized carbons (Fsp3) is 0.250. The van der Waals surface area contributed by atoms with Crippen molar-refractivity contribution in [1.29, 1.82) is 0 Å². The lowest BCUT2D eigenvalue weighted by Gasteiger charge is -2.29. The third-order valence-corrected chi connectivity index (χ3v) is 7.22. The lowest BCUT2D eigenvalue weighted by atomic mass is 10.0. The molecule has 0 N–H and O–H groups in total. The summed E-state index contributed by atoms with van der Waals surface area (Å²) in [5.74, 6) is 1.03. The van der Waals surface area contributed by atoms with E-state index < -0.39 is 6.04 Å². The van der Waals surface area contributed by atoms with E-state index in [1.54, 1.807) is 24.1 Å². The Labute approximate surface area is 224 Å². The first kappa shape index (κ1) is 24.1. The van der Waals surface area contributed by atoms with E-state index in [4.69, 9.17) is 21.3 Å². The highest BCUT2D eigenvalue weighted by Gasteiger charge is 2.45. The Kier molecular flexibility index (Phi) is 5.68. The van der Waals surface area contributed by atoms with Crippen molar-refractivity contribution in [2.75, 3.05) is 12.0 Å². The maximum absolute atomic E-state index is 14.2. The zero-order valence-corrected chi connectivity index (χ0v) is 22.4. The first-order valence-electron chi connectivity index (χ1n) is 12.3. The average Bonchev–Trinajstić information content (AvgIpc) is 3.56. The number of hydrogen-bond acceptors (Lipinski definition) is 6. The zero-order chi connectivity index (χ0) is 26.7. The second-order valence-electron chi connectivity index (χ2n) is 9.69. The van der Waals surface area contributed by atoms with Crippen molar-refractivity contribution in [2.45, 2.75) is 32.9 Å². The number of ether oxygens (including phenoxy) is 1. The maximum Gasteiger partial charge on any atom is 0.279 e. The van der Waals surface area contributed by atoms with Gasteiger partial charge in [0.25, 0.3) is 5.91 Å². The number of methoxy groups -OCH3 is 1. The van der Waals surface area contributed by atoms with E-state index in [0.29, 0.717) is 22.4 Å². The number of aromatic nitrogens is 6. The predicted molar refractivity (Wildman–Crippen MR) is 146 cm³/mol. The number of amides is 1. The summed E-state index contributed by atoms with van der Waals surface area (Å²) in [4.78, 5) is 25.3. The van der Waals surface area contributed by atoms with Crippen molar-refractivity contribution in [3.05, 3.63) is 82.3 Å². The predicted octanol–water partition coefficient (Wildman–Crippen LogP) is 5.53. The molecule has 1 unspecified atom stereocenters. The van der Waals surface area contributed by atoms with E-state index in [0.717, 1.165) is 39.1 Å². The van der Waals surface area contributed by atoms with E-state index >= 15 is 0 Å².